The van der Waals surface area contributed by atoms with Crippen molar-refractivity contribution >= 4 is 11.9 Å². The largest absolute Gasteiger partial charge is 0.481 e. The van der Waals surface area contributed by atoms with E-state index >= 15 is 0 Å². The monoisotopic (exact) mass is 331 g/mol. The number of aliphatic carboxylic acids is 1. The highest BCUT2D eigenvalue weighted by molar-refractivity contribution is 5.81. The number of carboxylic acid groups (broad SMARTS) is 1. The molecule has 0 aromatic heterocycles. The van der Waals surface area contributed by atoms with Gasteiger partial charge >= 0.3 is 5.97 Å². The van der Waals surface area contributed by atoms with Gasteiger partial charge in [-0.3, -0.25) is 9.59 Å². The first-order valence-corrected chi connectivity index (χ1v) is 8.80. The number of hydrogen-bond acceptors (Lipinski definition) is 3. The van der Waals surface area contributed by atoms with Crippen molar-refractivity contribution in [2.75, 3.05) is 13.1 Å². The van der Waals surface area contributed by atoms with Crippen molar-refractivity contribution in [2.24, 2.45) is 11.8 Å². The number of ether oxygens (including phenoxy) is 1. The summed E-state index contributed by atoms with van der Waals surface area (Å²) in [4.78, 5) is 25.5. The maximum atomic E-state index is 12.5. The molecule has 1 saturated carbocycles. The molecule has 1 saturated heterocycles. The standard InChI is InChI=1S/C19H25NO4/c21-18(15-6-7-16(12-15)19(22)23)20-10-8-17(9-11-20)24-13-14-4-2-1-3-5-14/h1-5,15-17H,6-13H2,(H,22,23)/t15-,16+/m1/s1. The Morgan fingerprint density at radius 1 is 1.04 bits per heavy atom. The average molecular weight is 331 g/mol. The Labute approximate surface area is 142 Å². The topological polar surface area (TPSA) is 66.8 Å². The number of benzene rings is 1. The summed E-state index contributed by atoms with van der Waals surface area (Å²) in [7, 11) is 0. The molecule has 1 heterocycles. The quantitative estimate of drug-likeness (QED) is 0.901. The van der Waals surface area contributed by atoms with Crippen LogP contribution in [0.1, 0.15) is 37.7 Å². The predicted molar refractivity (Wildman–Crippen MR) is 89.3 cm³/mol. The van der Waals surface area contributed by atoms with Crippen LogP contribution in [-0.2, 0) is 20.9 Å². The molecule has 2 aliphatic rings. The van der Waals surface area contributed by atoms with Crippen LogP contribution >= 0.6 is 0 Å². The van der Waals surface area contributed by atoms with E-state index in [1.165, 1.54) is 5.56 Å². The number of rotatable bonds is 5. The van der Waals surface area contributed by atoms with Gasteiger partial charge in [0, 0.05) is 19.0 Å². The van der Waals surface area contributed by atoms with Crippen molar-refractivity contribution in [3.05, 3.63) is 35.9 Å². The first-order chi connectivity index (χ1) is 11.6. The molecule has 0 spiro atoms. The summed E-state index contributed by atoms with van der Waals surface area (Å²) in [6.45, 7) is 2.04. The second kappa shape index (κ2) is 7.79. The zero-order valence-electron chi connectivity index (χ0n) is 13.9. The molecule has 0 bridgehead atoms. The second-order valence-corrected chi connectivity index (χ2v) is 6.87. The summed E-state index contributed by atoms with van der Waals surface area (Å²) in [6, 6.07) is 10.1. The Morgan fingerprint density at radius 2 is 1.71 bits per heavy atom. The van der Waals surface area contributed by atoms with Crippen LogP contribution in [0.25, 0.3) is 0 Å². The van der Waals surface area contributed by atoms with Crippen molar-refractivity contribution in [3.8, 4) is 0 Å². The number of likely N-dealkylation sites (tertiary alicyclic amines) is 1. The lowest BCUT2D eigenvalue weighted by molar-refractivity contribution is -0.142. The highest BCUT2D eigenvalue weighted by Gasteiger charge is 2.36. The number of nitrogens with zero attached hydrogens (tertiary/aromatic N) is 1. The molecule has 130 valence electrons. The van der Waals surface area contributed by atoms with E-state index < -0.39 is 5.97 Å². The van der Waals surface area contributed by atoms with Crippen molar-refractivity contribution in [1.29, 1.82) is 0 Å². The van der Waals surface area contributed by atoms with Crippen molar-refractivity contribution in [2.45, 2.75) is 44.8 Å². The molecular formula is C19H25NO4. The normalized spacial score (nSPS) is 24.9. The van der Waals surface area contributed by atoms with Crippen molar-refractivity contribution in [3.63, 3.8) is 0 Å². The Morgan fingerprint density at radius 3 is 2.33 bits per heavy atom. The Kier molecular flexibility index (Phi) is 5.51. The summed E-state index contributed by atoms with van der Waals surface area (Å²) in [5.41, 5.74) is 1.17. The van der Waals surface area contributed by atoms with Gasteiger partial charge in [0.2, 0.25) is 5.91 Å². The summed E-state index contributed by atoms with van der Waals surface area (Å²) in [5, 5.41) is 9.07. The number of amides is 1. The van der Waals surface area contributed by atoms with E-state index in [4.69, 9.17) is 9.84 Å². The molecule has 1 amide bonds. The van der Waals surface area contributed by atoms with Gasteiger partial charge in [-0.1, -0.05) is 30.3 Å². The molecule has 24 heavy (non-hydrogen) atoms. The predicted octanol–water partition coefficient (Wildman–Crippen LogP) is 2.70. The zero-order chi connectivity index (χ0) is 16.9. The van der Waals surface area contributed by atoms with Gasteiger partial charge in [0.1, 0.15) is 0 Å². The molecular weight excluding hydrogens is 306 g/mol. The third-order valence-electron chi connectivity index (χ3n) is 5.21. The lowest BCUT2D eigenvalue weighted by atomic mass is 10.0. The molecule has 0 unspecified atom stereocenters. The van der Waals surface area contributed by atoms with Gasteiger partial charge in [-0.25, -0.2) is 0 Å². The van der Waals surface area contributed by atoms with Crippen LogP contribution in [0, 0.1) is 11.8 Å². The number of carbonyl (C=O) groups is 2. The Hall–Kier alpha value is -1.88. The molecule has 2 atom stereocenters. The van der Waals surface area contributed by atoms with Gasteiger partial charge < -0.3 is 14.7 Å². The number of hydrogen-bond donors (Lipinski definition) is 1. The Balaban J connectivity index is 1.42. The van der Waals surface area contributed by atoms with Crippen LogP contribution in [0.4, 0.5) is 0 Å². The van der Waals surface area contributed by atoms with Gasteiger partial charge in [-0.05, 0) is 37.7 Å². The summed E-state index contributed by atoms with van der Waals surface area (Å²) in [5.74, 6) is -1.07. The first kappa shape index (κ1) is 17.0. The van der Waals surface area contributed by atoms with Gasteiger partial charge in [0.25, 0.3) is 0 Å². The fraction of sp³-hybridized carbons (Fsp3) is 0.579. The minimum atomic E-state index is -0.765. The molecule has 0 radical (unpaired) electrons. The third kappa shape index (κ3) is 4.15. The van der Waals surface area contributed by atoms with Gasteiger partial charge in [0.15, 0.2) is 0 Å². The average Bonchev–Trinajstić information content (AvgIpc) is 3.11. The van der Waals surface area contributed by atoms with E-state index in [-0.39, 0.29) is 23.8 Å². The summed E-state index contributed by atoms with van der Waals surface area (Å²) in [6.07, 6.45) is 3.74. The van der Waals surface area contributed by atoms with Crippen molar-refractivity contribution in [1.82, 2.24) is 4.90 Å². The van der Waals surface area contributed by atoms with E-state index in [1.807, 2.05) is 23.1 Å². The lowest BCUT2D eigenvalue weighted by Crippen LogP contribution is -2.43. The minimum absolute atomic E-state index is 0.104. The van der Waals surface area contributed by atoms with Crippen LogP contribution in [0.15, 0.2) is 30.3 Å². The molecule has 1 aliphatic carbocycles. The maximum absolute atomic E-state index is 12.5. The Bertz CT molecular complexity index is 566. The summed E-state index contributed by atoms with van der Waals surface area (Å²) >= 11 is 0. The summed E-state index contributed by atoms with van der Waals surface area (Å²) < 4.78 is 5.96. The van der Waals surface area contributed by atoms with Crippen LogP contribution < -0.4 is 0 Å². The first-order valence-electron chi connectivity index (χ1n) is 8.80. The van der Waals surface area contributed by atoms with E-state index in [2.05, 4.69) is 12.1 Å². The van der Waals surface area contributed by atoms with Gasteiger partial charge in [-0.15, -0.1) is 0 Å². The molecule has 5 nitrogen and oxygen atoms in total. The van der Waals surface area contributed by atoms with Crippen LogP contribution in [0.3, 0.4) is 0 Å². The molecule has 1 aromatic carbocycles. The smallest absolute Gasteiger partial charge is 0.306 e. The van der Waals surface area contributed by atoms with Crippen LogP contribution in [0.2, 0.25) is 0 Å². The van der Waals surface area contributed by atoms with E-state index in [0.717, 1.165) is 12.8 Å². The fourth-order valence-corrected chi connectivity index (χ4v) is 3.72. The molecule has 1 N–H and O–H groups in total. The van der Waals surface area contributed by atoms with E-state index in [0.29, 0.717) is 39.0 Å². The van der Waals surface area contributed by atoms with Crippen LogP contribution in [0.5, 0.6) is 0 Å². The van der Waals surface area contributed by atoms with Gasteiger partial charge in [0.05, 0.1) is 18.6 Å². The van der Waals surface area contributed by atoms with Crippen molar-refractivity contribution < 1.29 is 19.4 Å². The van der Waals surface area contributed by atoms with Crippen LogP contribution in [-0.4, -0.2) is 41.1 Å². The van der Waals surface area contributed by atoms with E-state index in [9.17, 15) is 9.59 Å². The highest BCUT2D eigenvalue weighted by Crippen LogP contribution is 2.33. The van der Waals surface area contributed by atoms with Gasteiger partial charge in [-0.2, -0.15) is 0 Å². The fourth-order valence-electron chi connectivity index (χ4n) is 3.72. The number of piperidine rings is 1. The second-order valence-electron chi connectivity index (χ2n) is 6.87. The molecule has 3 rings (SSSR count). The number of carbonyl (C=O) groups excluding carboxylic acids is 1. The SMILES string of the molecule is O=C(O)[C@H]1CC[C@@H](C(=O)N2CCC(OCc3ccccc3)CC2)C1. The number of carboxylic acids is 1. The maximum Gasteiger partial charge on any atom is 0.306 e. The molecule has 5 heteroatoms. The minimum Gasteiger partial charge on any atom is -0.481 e. The highest BCUT2D eigenvalue weighted by atomic mass is 16.5. The zero-order valence-corrected chi connectivity index (χ0v) is 13.9. The molecule has 2 fully saturated rings. The molecule has 1 aromatic rings. The third-order valence-corrected chi connectivity index (χ3v) is 5.21. The lowest BCUT2D eigenvalue weighted by Gasteiger charge is -2.33. The molecule has 1 aliphatic heterocycles. The van der Waals surface area contributed by atoms with E-state index in [1.54, 1.807) is 0 Å².